The molecular formula is C24H28N6O3. The standard InChI is InChI=1S/C24H28N6O3/c1-5-32-19-10-20(22-17(11-25)13-27-30(22)15-19)16-6-7-21(26-12-16)29-9-8-18(14-29)28-23(31)33-24(2,3)4/h6-7,10,12-13,15,18H,5,8-9,14H2,1-4H3,(H,28,31)/t18-/m0/s1. The van der Waals surface area contributed by atoms with Crippen LogP contribution in [-0.4, -0.2) is 52.0 Å². The Morgan fingerprint density at radius 2 is 2.15 bits per heavy atom. The molecule has 1 saturated heterocycles. The van der Waals surface area contributed by atoms with E-state index in [-0.39, 0.29) is 6.04 Å². The van der Waals surface area contributed by atoms with Gasteiger partial charge in [-0.1, -0.05) is 0 Å². The lowest BCUT2D eigenvalue weighted by Crippen LogP contribution is -2.40. The zero-order valence-corrected chi connectivity index (χ0v) is 19.3. The molecular weight excluding hydrogens is 420 g/mol. The van der Waals surface area contributed by atoms with Crippen molar-refractivity contribution in [2.75, 3.05) is 24.6 Å². The molecule has 3 aromatic rings. The first-order chi connectivity index (χ1) is 15.8. The molecule has 3 aromatic heterocycles. The number of fused-ring (bicyclic) bond motifs is 1. The lowest BCUT2D eigenvalue weighted by Gasteiger charge is -2.22. The molecule has 0 bridgehead atoms. The van der Waals surface area contributed by atoms with Crippen LogP contribution in [0.25, 0.3) is 16.6 Å². The fourth-order valence-electron chi connectivity index (χ4n) is 3.94. The number of ether oxygens (including phenoxy) is 2. The van der Waals surface area contributed by atoms with E-state index in [1.165, 1.54) is 0 Å². The van der Waals surface area contributed by atoms with E-state index in [0.717, 1.165) is 35.4 Å². The summed E-state index contributed by atoms with van der Waals surface area (Å²) in [5.41, 5.74) is 2.39. The van der Waals surface area contributed by atoms with E-state index >= 15 is 0 Å². The van der Waals surface area contributed by atoms with Gasteiger partial charge in [0, 0.05) is 30.4 Å². The third-order valence-corrected chi connectivity index (χ3v) is 5.31. The molecule has 1 aliphatic heterocycles. The highest BCUT2D eigenvalue weighted by atomic mass is 16.6. The summed E-state index contributed by atoms with van der Waals surface area (Å²) in [5, 5.41) is 16.7. The van der Waals surface area contributed by atoms with Gasteiger partial charge >= 0.3 is 6.09 Å². The molecule has 0 aromatic carbocycles. The predicted octanol–water partition coefficient (Wildman–Crippen LogP) is 3.77. The normalized spacial score (nSPS) is 16.0. The second kappa shape index (κ2) is 8.98. The monoisotopic (exact) mass is 448 g/mol. The van der Waals surface area contributed by atoms with E-state index in [4.69, 9.17) is 9.47 Å². The van der Waals surface area contributed by atoms with Crippen molar-refractivity contribution in [3.8, 4) is 22.9 Å². The lowest BCUT2D eigenvalue weighted by atomic mass is 10.1. The Labute approximate surface area is 192 Å². The number of carbonyl (C=O) groups is 1. The molecule has 1 aliphatic rings. The summed E-state index contributed by atoms with van der Waals surface area (Å²) in [6.07, 6.45) is 5.54. The zero-order chi connectivity index (χ0) is 23.6. The molecule has 33 heavy (non-hydrogen) atoms. The van der Waals surface area contributed by atoms with Crippen molar-refractivity contribution >= 4 is 17.4 Å². The summed E-state index contributed by atoms with van der Waals surface area (Å²) in [6, 6.07) is 8.06. The van der Waals surface area contributed by atoms with Crippen molar-refractivity contribution in [3.05, 3.63) is 42.4 Å². The first-order valence-electron chi connectivity index (χ1n) is 11.0. The van der Waals surface area contributed by atoms with Crippen LogP contribution < -0.4 is 15.0 Å². The average molecular weight is 449 g/mol. The number of anilines is 1. The van der Waals surface area contributed by atoms with Gasteiger partial charge < -0.3 is 19.7 Å². The molecule has 1 atom stereocenters. The maximum Gasteiger partial charge on any atom is 0.407 e. The molecule has 1 fully saturated rings. The van der Waals surface area contributed by atoms with Crippen LogP contribution in [0.5, 0.6) is 5.75 Å². The Bertz CT molecular complexity index is 1190. The van der Waals surface area contributed by atoms with Crippen LogP contribution in [0.4, 0.5) is 10.6 Å². The van der Waals surface area contributed by atoms with E-state index in [2.05, 4.69) is 26.4 Å². The molecule has 0 aliphatic carbocycles. The quantitative estimate of drug-likeness (QED) is 0.633. The fraction of sp³-hybridized carbons (Fsp3) is 0.417. The van der Waals surface area contributed by atoms with E-state index in [1.54, 1.807) is 23.1 Å². The summed E-state index contributed by atoms with van der Waals surface area (Å²) in [5.74, 6) is 1.51. The number of rotatable bonds is 5. The Kier molecular flexibility index (Phi) is 6.09. The largest absolute Gasteiger partial charge is 0.492 e. The maximum atomic E-state index is 12.1. The van der Waals surface area contributed by atoms with Gasteiger partial charge in [0.15, 0.2) is 0 Å². The number of carbonyl (C=O) groups excluding carboxylic acids is 1. The summed E-state index contributed by atoms with van der Waals surface area (Å²) in [4.78, 5) is 18.9. The van der Waals surface area contributed by atoms with Crippen LogP contribution in [-0.2, 0) is 4.74 Å². The van der Waals surface area contributed by atoms with Crippen LogP contribution in [0.15, 0.2) is 36.8 Å². The van der Waals surface area contributed by atoms with Gasteiger partial charge in [-0.3, -0.25) is 0 Å². The van der Waals surface area contributed by atoms with Crippen molar-refractivity contribution < 1.29 is 14.3 Å². The number of nitrogens with zero attached hydrogens (tertiary/aromatic N) is 5. The van der Waals surface area contributed by atoms with E-state index in [0.29, 0.717) is 24.5 Å². The summed E-state index contributed by atoms with van der Waals surface area (Å²) >= 11 is 0. The SMILES string of the molecule is CCOc1cc(-c2ccc(N3CC[C@H](NC(=O)OC(C)(C)C)C3)nc2)c2c(C#N)cnn2c1. The molecule has 4 rings (SSSR count). The Balaban J connectivity index is 1.53. The van der Waals surface area contributed by atoms with Gasteiger partial charge in [-0.05, 0) is 52.3 Å². The van der Waals surface area contributed by atoms with Crippen molar-refractivity contribution in [1.82, 2.24) is 19.9 Å². The van der Waals surface area contributed by atoms with Crippen molar-refractivity contribution in [1.29, 1.82) is 5.26 Å². The molecule has 0 unspecified atom stereocenters. The maximum absolute atomic E-state index is 12.1. The molecule has 1 amide bonds. The third kappa shape index (κ3) is 5.00. The predicted molar refractivity (Wildman–Crippen MR) is 124 cm³/mol. The van der Waals surface area contributed by atoms with Crippen LogP contribution in [0.1, 0.15) is 39.7 Å². The van der Waals surface area contributed by atoms with Crippen LogP contribution in [0.3, 0.4) is 0 Å². The minimum atomic E-state index is -0.522. The Morgan fingerprint density at radius 1 is 1.33 bits per heavy atom. The minimum absolute atomic E-state index is 0.00815. The van der Waals surface area contributed by atoms with Crippen LogP contribution in [0.2, 0.25) is 0 Å². The van der Waals surface area contributed by atoms with E-state index < -0.39 is 11.7 Å². The van der Waals surface area contributed by atoms with E-state index in [1.807, 2.05) is 45.9 Å². The number of alkyl carbamates (subject to hydrolysis) is 1. The van der Waals surface area contributed by atoms with Crippen molar-refractivity contribution in [3.63, 3.8) is 0 Å². The van der Waals surface area contributed by atoms with Gasteiger partial charge in [-0.25, -0.2) is 14.3 Å². The first kappa shape index (κ1) is 22.4. The van der Waals surface area contributed by atoms with Gasteiger partial charge in [0.25, 0.3) is 0 Å². The van der Waals surface area contributed by atoms with Crippen LogP contribution >= 0.6 is 0 Å². The first-order valence-corrected chi connectivity index (χ1v) is 11.0. The Hall–Kier alpha value is -3.80. The molecule has 9 heteroatoms. The number of pyridine rings is 2. The number of nitriles is 1. The second-order valence-electron chi connectivity index (χ2n) is 8.97. The fourth-order valence-corrected chi connectivity index (χ4v) is 3.94. The highest BCUT2D eigenvalue weighted by Crippen LogP contribution is 2.31. The summed E-state index contributed by atoms with van der Waals surface area (Å²) < 4.78 is 12.7. The summed E-state index contributed by atoms with van der Waals surface area (Å²) in [6.45, 7) is 9.45. The van der Waals surface area contributed by atoms with Crippen molar-refractivity contribution in [2.45, 2.75) is 45.8 Å². The number of amides is 1. The summed E-state index contributed by atoms with van der Waals surface area (Å²) in [7, 11) is 0. The molecule has 0 spiro atoms. The Morgan fingerprint density at radius 3 is 2.82 bits per heavy atom. The highest BCUT2D eigenvalue weighted by Gasteiger charge is 2.27. The van der Waals surface area contributed by atoms with Gasteiger partial charge in [0.05, 0.1) is 36.1 Å². The third-order valence-electron chi connectivity index (χ3n) is 5.31. The molecule has 0 saturated carbocycles. The molecule has 4 heterocycles. The van der Waals surface area contributed by atoms with Crippen molar-refractivity contribution in [2.24, 2.45) is 0 Å². The van der Waals surface area contributed by atoms with Gasteiger partial charge in [-0.2, -0.15) is 10.4 Å². The molecule has 0 radical (unpaired) electrons. The number of hydrogen-bond donors (Lipinski definition) is 1. The van der Waals surface area contributed by atoms with Gasteiger partial charge in [0.1, 0.15) is 23.2 Å². The average Bonchev–Trinajstić information content (AvgIpc) is 3.39. The number of hydrogen-bond acceptors (Lipinski definition) is 7. The lowest BCUT2D eigenvalue weighted by molar-refractivity contribution is 0.0509. The van der Waals surface area contributed by atoms with E-state index in [9.17, 15) is 10.1 Å². The number of nitrogens with one attached hydrogen (secondary N) is 1. The topological polar surface area (TPSA) is 105 Å². The molecule has 1 N–H and O–H groups in total. The number of aromatic nitrogens is 3. The molecule has 9 nitrogen and oxygen atoms in total. The second-order valence-corrected chi connectivity index (χ2v) is 8.97. The zero-order valence-electron chi connectivity index (χ0n) is 19.3. The minimum Gasteiger partial charge on any atom is -0.492 e. The van der Waals surface area contributed by atoms with Gasteiger partial charge in [0.2, 0.25) is 0 Å². The highest BCUT2D eigenvalue weighted by molar-refractivity contribution is 5.85. The molecule has 172 valence electrons. The van der Waals surface area contributed by atoms with Crippen LogP contribution in [0, 0.1) is 11.3 Å². The van der Waals surface area contributed by atoms with Gasteiger partial charge in [-0.15, -0.1) is 0 Å². The smallest absolute Gasteiger partial charge is 0.407 e.